The largest absolute Gasteiger partial charge is 0.452 e. The maximum atomic E-state index is 11.9. The molecule has 124 valence electrons. The van der Waals surface area contributed by atoms with E-state index in [1.807, 2.05) is 32.0 Å². The van der Waals surface area contributed by atoms with Crippen molar-refractivity contribution >= 4 is 35.2 Å². The number of anilines is 1. The van der Waals surface area contributed by atoms with Gasteiger partial charge in [0.25, 0.3) is 5.91 Å². The highest BCUT2D eigenvalue weighted by Gasteiger charge is 2.09. The summed E-state index contributed by atoms with van der Waals surface area (Å²) in [4.78, 5) is 23.6. The highest BCUT2D eigenvalue weighted by Crippen LogP contribution is 2.19. The van der Waals surface area contributed by atoms with Crippen LogP contribution >= 0.6 is 11.6 Å². The van der Waals surface area contributed by atoms with Crippen molar-refractivity contribution in [3.8, 4) is 0 Å². The first-order valence-corrected chi connectivity index (χ1v) is 7.80. The molecule has 2 rings (SSSR count). The average Bonchev–Trinajstić information content (AvgIpc) is 2.56. The minimum atomic E-state index is -0.582. The average molecular weight is 344 g/mol. The van der Waals surface area contributed by atoms with E-state index < -0.39 is 5.97 Å². The van der Waals surface area contributed by atoms with Crippen LogP contribution in [-0.2, 0) is 14.3 Å². The molecule has 0 aliphatic rings. The molecule has 0 fully saturated rings. The van der Waals surface area contributed by atoms with Gasteiger partial charge in [0.1, 0.15) is 0 Å². The molecule has 0 heterocycles. The molecule has 0 atom stereocenters. The number of rotatable bonds is 5. The standard InChI is InChI=1S/C19H18ClNO3/c1-13-4-3-5-14(2)19(13)21-17(22)12-24-18(23)11-8-15-6-9-16(20)10-7-15/h3-11H,12H2,1-2H3,(H,21,22)/b11-8+. The predicted molar refractivity (Wildman–Crippen MR) is 96.0 cm³/mol. The Morgan fingerprint density at radius 2 is 1.71 bits per heavy atom. The van der Waals surface area contributed by atoms with Crippen LogP contribution in [0.5, 0.6) is 0 Å². The van der Waals surface area contributed by atoms with E-state index in [0.29, 0.717) is 5.02 Å². The molecule has 1 N–H and O–H groups in total. The molecule has 0 radical (unpaired) electrons. The number of para-hydroxylation sites is 1. The Bertz CT molecular complexity index is 746. The van der Waals surface area contributed by atoms with Crippen molar-refractivity contribution < 1.29 is 14.3 Å². The summed E-state index contributed by atoms with van der Waals surface area (Å²) in [6, 6.07) is 12.7. The molecule has 5 heteroatoms. The third-order valence-electron chi connectivity index (χ3n) is 3.37. The Morgan fingerprint density at radius 1 is 1.08 bits per heavy atom. The molecule has 2 aromatic rings. The SMILES string of the molecule is Cc1cccc(C)c1NC(=O)COC(=O)/C=C/c1ccc(Cl)cc1. The predicted octanol–water partition coefficient (Wildman–Crippen LogP) is 4.15. The second kappa shape index (κ2) is 8.31. The minimum Gasteiger partial charge on any atom is -0.452 e. The van der Waals surface area contributed by atoms with Crippen LogP contribution < -0.4 is 5.32 Å². The molecule has 0 bridgehead atoms. The number of hydrogen-bond acceptors (Lipinski definition) is 3. The molecule has 4 nitrogen and oxygen atoms in total. The maximum Gasteiger partial charge on any atom is 0.331 e. The van der Waals surface area contributed by atoms with E-state index in [0.717, 1.165) is 22.4 Å². The molecule has 1 amide bonds. The number of aryl methyl sites for hydroxylation is 2. The van der Waals surface area contributed by atoms with E-state index in [9.17, 15) is 9.59 Å². The van der Waals surface area contributed by atoms with Crippen molar-refractivity contribution in [1.82, 2.24) is 0 Å². The van der Waals surface area contributed by atoms with Crippen molar-refractivity contribution in [2.75, 3.05) is 11.9 Å². The fourth-order valence-corrected chi connectivity index (χ4v) is 2.24. The Balaban J connectivity index is 1.85. The summed E-state index contributed by atoms with van der Waals surface area (Å²) >= 11 is 5.79. The summed E-state index contributed by atoms with van der Waals surface area (Å²) in [7, 11) is 0. The Hall–Kier alpha value is -2.59. The lowest BCUT2D eigenvalue weighted by molar-refractivity contribution is -0.142. The normalized spacial score (nSPS) is 10.6. The van der Waals surface area contributed by atoms with Gasteiger partial charge < -0.3 is 10.1 Å². The Morgan fingerprint density at radius 3 is 2.33 bits per heavy atom. The molecule has 0 unspecified atom stereocenters. The van der Waals surface area contributed by atoms with Crippen LogP contribution in [0.4, 0.5) is 5.69 Å². The Kier molecular flexibility index (Phi) is 6.15. The van der Waals surface area contributed by atoms with Crippen LogP contribution in [0.15, 0.2) is 48.5 Å². The van der Waals surface area contributed by atoms with Gasteiger partial charge in [-0.05, 0) is 48.7 Å². The first-order chi connectivity index (χ1) is 11.5. The lowest BCUT2D eigenvalue weighted by atomic mass is 10.1. The van der Waals surface area contributed by atoms with Gasteiger partial charge in [0.15, 0.2) is 6.61 Å². The van der Waals surface area contributed by atoms with Crippen LogP contribution in [0.2, 0.25) is 5.02 Å². The monoisotopic (exact) mass is 343 g/mol. The number of carbonyl (C=O) groups is 2. The summed E-state index contributed by atoms with van der Waals surface area (Å²) in [6.45, 7) is 3.48. The number of benzene rings is 2. The van der Waals surface area contributed by atoms with Crippen LogP contribution in [-0.4, -0.2) is 18.5 Å². The number of hydrogen-bond donors (Lipinski definition) is 1. The third kappa shape index (κ3) is 5.25. The smallest absolute Gasteiger partial charge is 0.331 e. The van der Waals surface area contributed by atoms with E-state index in [1.165, 1.54) is 6.08 Å². The Labute approximate surface area is 146 Å². The first-order valence-electron chi connectivity index (χ1n) is 7.42. The molecule has 0 aliphatic heterocycles. The maximum absolute atomic E-state index is 11.9. The molecule has 0 aliphatic carbocycles. The fourth-order valence-electron chi connectivity index (χ4n) is 2.11. The van der Waals surface area contributed by atoms with E-state index in [4.69, 9.17) is 16.3 Å². The summed E-state index contributed by atoms with van der Waals surface area (Å²) < 4.78 is 4.94. The van der Waals surface area contributed by atoms with Crippen molar-refractivity contribution in [3.63, 3.8) is 0 Å². The van der Waals surface area contributed by atoms with Crippen molar-refractivity contribution in [2.24, 2.45) is 0 Å². The molecular formula is C19H18ClNO3. The zero-order chi connectivity index (χ0) is 17.5. The number of ether oxygens (including phenoxy) is 1. The van der Waals surface area contributed by atoms with Crippen molar-refractivity contribution in [2.45, 2.75) is 13.8 Å². The number of esters is 1. The first kappa shape index (κ1) is 17.8. The topological polar surface area (TPSA) is 55.4 Å². The van der Waals surface area contributed by atoms with Crippen LogP contribution in [0, 0.1) is 13.8 Å². The van der Waals surface area contributed by atoms with Crippen LogP contribution in [0.1, 0.15) is 16.7 Å². The summed E-state index contributed by atoms with van der Waals surface area (Å²) in [5, 5.41) is 3.38. The number of nitrogens with one attached hydrogen (secondary N) is 1. The van der Waals surface area contributed by atoms with Gasteiger partial charge in [-0.25, -0.2) is 4.79 Å². The van der Waals surface area contributed by atoms with Gasteiger partial charge in [-0.1, -0.05) is 41.9 Å². The highest BCUT2D eigenvalue weighted by molar-refractivity contribution is 6.30. The van der Waals surface area contributed by atoms with E-state index in [1.54, 1.807) is 30.3 Å². The van der Waals surface area contributed by atoms with Crippen molar-refractivity contribution in [1.29, 1.82) is 0 Å². The zero-order valence-electron chi connectivity index (χ0n) is 13.5. The second-order valence-electron chi connectivity index (χ2n) is 5.31. The minimum absolute atomic E-state index is 0.336. The quantitative estimate of drug-likeness (QED) is 0.655. The summed E-state index contributed by atoms with van der Waals surface area (Å²) in [5.41, 5.74) is 3.47. The van der Waals surface area contributed by atoms with Gasteiger partial charge >= 0.3 is 5.97 Å². The van der Waals surface area contributed by atoms with Gasteiger partial charge in [0, 0.05) is 16.8 Å². The van der Waals surface area contributed by atoms with Crippen LogP contribution in [0.3, 0.4) is 0 Å². The number of amides is 1. The molecule has 2 aromatic carbocycles. The third-order valence-corrected chi connectivity index (χ3v) is 3.62. The molecule has 24 heavy (non-hydrogen) atoms. The second-order valence-corrected chi connectivity index (χ2v) is 5.74. The molecule has 0 saturated carbocycles. The molecule has 0 saturated heterocycles. The van der Waals surface area contributed by atoms with Gasteiger partial charge in [-0.15, -0.1) is 0 Å². The lowest BCUT2D eigenvalue weighted by Crippen LogP contribution is -2.21. The molecular weight excluding hydrogens is 326 g/mol. The van der Waals surface area contributed by atoms with Crippen molar-refractivity contribution in [3.05, 3.63) is 70.3 Å². The van der Waals surface area contributed by atoms with E-state index >= 15 is 0 Å². The van der Waals surface area contributed by atoms with Crippen LogP contribution in [0.25, 0.3) is 6.08 Å². The van der Waals surface area contributed by atoms with E-state index in [-0.39, 0.29) is 12.5 Å². The zero-order valence-corrected chi connectivity index (χ0v) is 14.3. The molecule has 0 spiro atoms. The number of carbonyl (C=O) groups excluding carboxylic acids is 2. The van der Waals surface area contributed by atoms with E-state index in [2.05, 4.69) is 5.32 Å². The molecule has 0 aromatic heterocycles. The van der Waals surface area contributed by atoms with Gasteiger partial charge in [-0.3, -0.25) is 4.79 Å². The van der Waals surface area contributed by atoms with Gasteiger partial charge in [0.05, 0.1) is 0 Å². The number of halogens is 1. The fraction of sp³-hybridized carbons (Fsp3) is 0.158. The van der Waals surface area contributed by atoms with Gasteiger partial charge in [-0.2, -0.15) is 0 Å². The summed E-state index contributed by atoms with van der Waals surface area (Å²) in [6.07, 6.45) is 2.87. The van der Waals surface area contributed by atoms with Gasteiger partial charge in [0.2, 0.25) is 0 Å². The lowest BCUT2D eigenvalue weighted by Gasteiger charge is -2.11. The highest BCUT2D eigenvalue weighted by atomic mass is 35.5. The summed E-state index contributed by atoms with van der Waals surface area (Å²) in [5.74, 6) is -0.956.